The first-order valence-corrected chi connectivity index (χ1v) is 5.94. The van der Waals surface area contributed by atoms with Crippen LogP contribution < -0.4 is 10.6 Å². The van der Waals surface area contributed by atoms with Crippen LogP contribution in [0.3, 0.4) is 0 Å². The second-order valence-corrected chi connectivity index (χ2v) is 4.16. The van der Waals surface area contributed by atoms with Crippen molar-refractivity contribution in [2.75, 3.05) is 13.1 Å². The van der Waals surface area contributed by atoms with Crippen molar-refractivity contribution in [3.05, 3.63) is 0 Å². The van der Waals surface area contributed by atoms with Crippen molar-refractivity contribution in [3.63, 3.8) is 0 Å². The first-order chi connectivity index (χ1) is 8.41. The lowest BCUT2D eigenvalue weighted by atomic mass is 10.2. The van der Waals surface area contributed by atoms with Gasteiger partial charge in [-0.25, -0.2) is 0 Å². The summed E-state index contributed by atoms with van der Waals surface area (Å²) < 4.78 is 0. The number of amides is 2. The molecule has 0 aliphatic carbocycles. The molecule has 0 spiro atoms. The van der Waals surface area contributed by atoms with E-state index in [-0.39, 0.29) is 36.2 Å². The van der Waals surface area contributed by atoms with Crippen LogP contribution in [0.2, 0.25) is 0 Å². The van der Waals surface area contributed by atoms with Crippen LogP contribution in [0.25, 0.3) is 0 Å². The third-order valence-electron chi connectivity index (χ3n) is 2.07. The van der Waals surface area contributed by atoms with E-state index < -0.39 is 0 Å². The number of hydrogen-bond acceptors (Lipinski definition) is 4. The second kappa shape index (κ2) is 9.32. The van der Waals surface area contributed by atoms with Crippen molar-refractivity contribution in [1.29, 1.82) is 0 Å². The van der Waals surface area contributed by atoms with Gasteiger partial charge in [-0.3, -0.25) is 19.2 Å². The summed E-state index contributed by atoms with van der Waals surface area (Å²) in [7, 11) is 0. The fraction of sp³-hybridized carbons (Fsp3) is 0.667. The normalized spacial score (nSPS) is 9.67. The fourth-order valence-corrected chi connectivity index (χ4v) is 1.28. The maximum Gasteiger partial charge on any atom is 0.227 e. The van der Waals surface area contributed by atoms with Gasteiger partial charge in [0.05, 0.1) is 12.8 Å². The second-order valence-electron chi connectivity index (χ2n) is 4.16. The molecule has 6 heteroatoms. The van der Waals surface area contributed by atoms with Crippen LogP contribution in [0.5, 0.6) is 0 Å². The van der Waals surface area contributed by atoms with E-state index >= 15 is 0 Å². The summed E-state index contributed by atoms with van der Waals surface area (Å²) in [6.07, 6.45) is 1.25. The Morgan fingerprint density at radius 3 is 1.33 bits per heavy atom. The Bertz CT molecular complexity index is 294. The number of Topliss-reactive ketones (excluding diaryl/α,β-unsaturated/α-hetero) is 2. The minimum Gasteiger partial charge on any atom is -0.356 e. The highest BCUT2D eigenvalue weighted by Crippen LogP contribution is 1.88. The molecule has 0 atom stereocenters. The zero-order valence-corrected chi connectivity index (χ0v) is 10.9. The molecule has 0 fully saturated rings. The van der Waals surface area contributed by atoms with Crippen molar-refractivity contribution in [3.8, 4) is 0 Å². The third kappa shape index (κ3) is 10.8. The summed E-state index contributed by atoms with van der Waals surface area (Å²) in [5, 5.41) is 5.22. The van der Waals surface area contributed by atoms with Gasteiger partial charge in [0.1, 0.15) is 11.6 Å². The average Bonchev–Trinajstić information content (AvgIpc) is 2.20. The predicted molar refractivity (Wildman–Crippen MR) is 65.8 cm³/mol. The summed E-state index contributed by atoms with van der Waals surface area (Å²) >= 11 is 0. The topological polar surface area (TPSA) is 92.3 Å². The lowest BCUT2D eigenvalue weighted by Crippen LogP contribution is -2.28. The van der Waals surface area contributed by atoms with E-state index in [4.69, 9.17) is 0 Å². The molecule has 6 nitrogen and oxygen atoms in total. The Labute approximate surface area is 106 Å². The van der Waals surface area contributed by atoms with Gasteiger partial charge in [-0.15, -0.1) is 0 Å². The first-order valence-electron chi connectivity index (χ1n) is 5.94. The SMILES string of the molecule is CC(=O)CC(=O)NCCCCNC(=O)CC(C)=O. The van der Waals surface area contributed by atoms with Gasteiger partial charge in [0, 0.05) is 13.1 Å². The minimum atomic E-state index is -0.275. The summed E-state index contributed by atoms with van der Waals surface area (Å²) in [4.78, 5) is 43.4. The van der Waals surface area contributed by atoms with Crippen molar-refractivity contribution < 1.29 is 19.2 Å². The lowest BCUT2D eigenvalue weighted by molar-refractivity contribution is -0.129. The van der Waals surface area contributed by atoms with Gasteiger partial charge in [-0.05, 0) is 26.7 Å². The molecule has 2 N–H and O–H groups in total. The number of carbonyl (C=O) groups is 4. The highest BCUT2D eigenvalue weighted by atomic mass is 16.2. The van der Waals surface area contributed by atoms with Crippen LogP contribution >= 0.6 is 0 Å². The molecule has 0 saturated carbocycles. The first kappa shape index (κ1) is 16.3. The summed E-state index contributed by atoms with van der Waals surface area (Å²) in [6, 6.07) is 0. The summed E-state index contributed by atoms with van der Waals surface area (Å²) in [5.41, 5.74) is 0. The molecule has 0 aromatic heterocycles. The maximum absolute atomic E-state index is 11.1. The zero-order valence-electron chi connectivity index (χ0n) is 10.9. The van der Waals surface area contributed by atoms with Gasteiger partial charge in [-0.2, -0.15) is 0 Å². The average molecular weight is 256 g/mol. The molecule has 0 bridgehead atoms. The van der Waals surface area contributed by atoms with Crippen LogP contribution in [-0.4, -0.2) is 36.5 Å². The number of rotatable bonds is 9. The molecule has 0 rings (SSSR count). The molecule has 102 valence electrons. The molecule has 0 aliphatic heterocycles. The van der Waals surface area contributed by atoms with Crippen molar-refractivity contribution in [2.24, 2.45) is 0 Å². The quantitative estimate of drug-likeness (QED) is 0.447. The Kier molecular flexibility index (Phi) is 8.43. The molecule has 0 radical (unpaired) electrons. The van der Waals surface area contributed by atoms with Crippen molar-refractivity contribution in [1.82, 2.24) is 10.6 Å². The Hall–Kier alpha value is -1.72. The number of unbranched alkanes of at least 4 members (excludes halogenated alkanes) is 1. The number of nitrogens with one attached hydrogen (secondary N) is 2. The fourth-order valence-electron chi connectivity index (χ4n) is 1.28. The van der Waals surface area contributed by atoms with E-state index in [1.165, 1.54) is 13.8 Å². The van der Waals surface area contributed by atoms with Gasteiger partial charge in [-0.1, -0.05) is 0 Å². The van der Waals surface area contributed by atoms with E-state index in [0.29, 0.717) is 25.9 Å². The predicted octanol–water partition coefficient (Wildman–Crippen LogP) is -0.0428. The van der Waals surface area contributed by atoms with Gasteiger partial charge < -0.3 is 10.6 Å². The standard InChI is InChI=1S/C12H20N2O4/c1-9(15)7-11(17)13-5-3-4-6-14-12(18)8-10(2)16/h3-8H2,1-2H3,(H,13,17)(H,14,18). The molecule has 0 saturated heterocycles. The molecule has 0 aromatic carbocycles. The van der Waals surface area contributed by atoms with Gasteiger partial charge in [0.2, 0.25) is 11.8 Å². The van der Waals surface area contributed by atoms with Crippen LogP contribution in [0.15, 0.2) is 0 Å². The van der Waals surface area contributed by atoms with Crippen LogP contribution in [0, 0.1) is 0 Å². The highest BCUT2D eigenvalue weighted by molar-refractivity contribution is 5.97. The van der Waals surface area contributed by atoms with Crippen LogP contribution in [-0.2, 0) is 19.2 Å². The smallest absolute Gasteiger partial charge is 0.227 e. The largest absolute Gasteiger partial charge is 0.356 e. The Balaban J connectivity index is 3.41. The van der Waals surface area contributed by atoms with Crippen LogP contribution in [0.1, 0.15) is 39.5 Å². The van der Waals surface area contributed by atoms with E-state index in [2.05, 4.69) is 10.6 Å². The highest BCUT2D eigenvalue weighted by Gasteiger charge is 2.04. The Morgan fingerprint density at radius 2 is 1.06 bits per heavy atom. The van der Waals surface area contributed by atoms with E-state index in [0.717, 1.165) is 0 Å². The molecule has 2 amide bonds. The van der Waals surface area contributed by atoms with E-state index in [1.54, 1.807) is 0 Å². The molecule has 0 aliphatic rings. The number of carbonyl (C=O) groups excluding carboxylic acids is 4. The van der Waals surface area contributed by atoms with Gasteiger partial charge >= 0.3 is 0 Å². The number of hydrogen-bond donors (Lipinski definition) is 2. The maximum atomic E-state index is 11.1. The van der Waals surface area contributed by atoms with Gasteiger partial charge in [0.25, 0.3) is 0 Å². The summed E-state index contributed by atoms with van der Waals surface area (Å²) in [6.45, 7) is 3.69. The molecular formula is C12H20N2O4. The van der Waals surface area contributed by atoms with E-state index in [9.17, 15) is 19.2 Å². The lowest BCUT2D eigenvalue weighted by Gasteiger charge is -2.05. The zero-order chi connectivity index (χ0) is 14.0. The molecule has 0 aromatic rings. The van der Waals surface area contributed by atoms with Gasteiger partial charge in [0.15, 0.2) is 0 Å². The third-order valence-corrected chi connectivity index (χ3v) is 2.07. The molecule has 0 heterocycles. The minimum absolute atomic E-state index is 0.0879. The monoisotopic (exact) mass is 256 g/mol. The summed E-state index contributed by atoms with van der Waals surface area (Å²) in [5.74, 6) is -0.876. The number of ketones is 2. The molecular weight excluding hydrogens is 236 g/mol. The van der Waals surface area contributed by atoms with E-state index in [1.807, 2.05) is 0 Å². The van der Waals surface area contributed by atoms with Crippen LogP contribution in [0.4, 0.5) is 0 Å². The molecule has 18 heavy (non-hydrogen) atoms. The van der Waals surface area contributed by atoms with Crippen molar-refractivity contribution >= 4 is 23.4 Å². The van der Waals surface area contributed by atoms with Crippen molar-refractivity contribution in [2.45, 2.75) is 39.5 Å². The molecule has 0 unspecified atom stereocenters. The Morgan fingerprint density at radius 1 is 0.722 bits per heavy atom.